The number of unbranched alkanes of at least 4 members (excludes halogenated alkanes) is 1. The SMILES string of the molecule is C=CCCCC(=O)C1(N(C)C)CCCC(C)C1. The molecule has 0 heterocycles. The lowest BCUT2D eigenvalue weighted by atomic mass is 9.72. The van der Waals surface area contributed by atoms with E-state index < -0.39 is 0 Å². The fraction of sp³-hybridized carbons (Fsp3) is 0.800. The molecule has 0 bridgehead atoms. The molecule has 0 aromatic rings. The van der Waals surface area contributed by atoms with Crippen molar-refractivity contribution in [3.63, 3.8) is 0 Å². The lowest BCUT2D eigenvalue weighted by Gasteiger charge is -2.44. The minimum absolute atomic E-state index is 0.182. The van der Waals surface area contributed by atoms with Crippen LogP contribution < -0.4 is 0 Å². The number of allylic oxidation sites excluding steroid dienone is 1. The summed E-state index contributed by atoms with van der Waals surface area (Å²) in [4.78, 5) is 14.7. The minimum atomic E-state index is -0.182. The average Bonchev–Trinajstić information content (AvgIpc) is 2.28. The molecule has 0 aliphatic heterocycles. The molecular formula is C15H27NO. The Morgan fingerprint density at radius 3 is 2.76 bits per heavy atom. The van der Waals surface area contributed by atoms with Gasteiger partial charge in [0.2, 0.25) is 0 Å². The number of likely N-dealkylation sites (N-methyl/N-ethyl adjacent to an activating group) is 1. The van der Waals surface area contributed by atoms with Crippen LogP contribution in [0.3, 0.4) is 0 Å². The molecule has 2 heteroatoms. The van der Waals surface area contributed by atoms with E-state index >= 15 is 0 Å². The van der Waals surface area contributed by atoms with Gasteiger partial charge in [0.25, 0.3) is 0 Å². The van der Waals surface area contributed by atoms with Crippen LogP contribution in [-0.2, 0) is 4.79 Å². The summed E-state index contributed by atoms with van der Waals surface area (Å²) in [5.41, 5.74) is -0.182. The van der Waals surface area contributed by atoms with E-state index in [4.69, 9.17) is 0 Å². The van der Waals surface area contributed by atoms with Gasteiger partial charge in [-0.2, -0.15) is 0 Å². The molecule has 0 saturated heterocycles. The van der Waals surface area contributed by atoms with Crippen LogP contribution in [0.4, 0.5) is 0 Å². The van der Waals surface area contributed by atoms with Gasteiger partial charge in [0.15, 0.2) is 5.78 Å². The van der Waals surface area contributed by atoms with Gasteiger partial charge in [-0.3, -0.25) is 9.69 Å². The molecule has 17 heavy (non-hydrogen) atoms. The van der Waals surface area contributed by atoms with Gasteiger partial charge in [0.1, 0.15) is 0 Å². The third-order valence-electron chi connectivity index (χ3n) is 4.16. The van der Waals surface area contributed by atoms with E-state index in [0.717, 1.165) is 25.7 Å². The topological polar surface area (TPSA) is 20.3 Å². The molecule has 0 N–H and O–H groups in total. The second-order valence-electron chi connectivity index (χ2n) is 5.73. The Morgan fingerprint density at radius 2 is 2.24 bits per heavy atom. The highest BCUT2D eigenvalue weighted by Gasteiger charge is 2.42. The summed E-state index contributed by atoms with van der Waals surface area (Å²) in [6, 6.07) is 0. The van der Waals surface area contributed by atoms with Crippen LogP contribution in [0.5, 0.6) is 0 Å². The molecule has 1 rings (SSSR count). The van der Waals surface area contributed by atoms with Crippen molar-refractivity contribution in [2.24, 2.45) is 5.92 Å². The number of Topliss-reactive ketones (excluding diaryl/α,β-unsaturated/α-hetero) is 1. The highest BCUT2D eigenvalue weighted by atomic mass is 16.1. The number of hydrogen-bond acceptors (Lipinski definition) is 2. The molecule has 1 fully saturated rings. The Kier molecular flexibility index (Phi) is 5.38. The summed E-state index contributed by atoms with van der Waals surface area (Å²) in [5, 5.41) is 0. The zero-order chi connectivity index (χ0) is 12.9. The molecule has 1 saturated carbocycles. The average molecular weight is 237 g/mol. The molecule has 1 aliphatic rings. The van der Waals surface area contributed by atoms with E-state index in [1.165, 1.54) is 12.8 Å². The first-order valence-corrected chi connectivity index (χ1v) is 6.84. The standard InChI is InChI=1S/C15H27NO/c1-5-6-7-10-14(17)15(16(3)4)11-8-9-13(2)12-15/h5,13H,1,6-12H2,2-4H3. The van der Waals surface area contributed by atoms with E-state index in [-0.39, 0.29) is 5.54 Å². The van der Waals surface area contributed by atoms with Gasteiger partial charge < -0.3 is 0 Å². The van der Waals surface area contributed by atoms with Crippen molar-refractivity contribution in [2.75, 3.05) is 14.1 Å². The van der Waals surface area contributed by atoms with E-state index in [2.05, 4.69) is 32.5 Å². The number of ketones is 1. The molecule has 1 aliphatic carbocycles. The molecular weight excluding hydrogens is 210 g/mol. The third-order valence-corrected chi connectivity index (χ3v) is 4.16. The second-order valence-corrected chi connectivity index (χ2v) is 5.73. The summed E-state index contributed by atoms with van der Waals surface area (Å²) in [7, 11) is 4.12. The van der Waals surface area contributed by atoms with Crippen LogP contribution in [0.2, 0.25) is 0 Å². The fourth-order valence-corrected chi connectivity index (χ4v) is 3.07. The zero-order valence-corrected chi connectivity index (χ0v) is 11.7. The minimum Gasteiger partial charge on any atom is -0.298 e. The maximum absolute atomic E-state index is 12.5. The van der Waals surface area contributed by atoms with Crippen LogP contribution in [0.1, 0.15) is 51.9 Å². The first-order valence-electron chi connectivity index (χ1n) is 6.84. The maximum atomic E-state index is 12.5. The van der Waals surface area contributed by atoms with Crippen LogP contribution >= 0.6 is 0 Å². The molecule has 0 spiro atoms. The number of hydrogen-bond donors (Lipinski definition) is 0. The van der Waals surface area contributed by atoms with Crippen molar-refractivity contribution in [3.8, 4) is 0 Å². The second kappa shape index (κ2) is 6.34. The van der Waals surface area contributed by atoms with Gasteiger partial charge in [-0.05, 0) is 45.7 Å². The zero-order valence-electron chi connectivity index (χ0n) is 11.7. The highest BCUT2D eigenvalue weighted by Crippen LogP contribution is 2.37. The summed E-state index contributed by atoms with van der Waals surface area (Å²) in [6.45, 7) is 5.99. The first-order chi connectivity index (χ1) is 8.03. The van der Waals surface area contributed by atoms with Crippen LogP contribution in [0, 0.1) is 5.92 Å². The Labute approximate surface area is 106 Å². The smallest absolute Gasteiger partial charge is 0.153 e. The Morgan fingerprint density at radius 1 is 1.53 bits per heavy atom. The first kappa shape index (κ1) is 14.4. The quantitative estimate of drug-likeness (QED) is 0.521. The van der Waals surface area contributed by atoms with Crippen molar-refractivity contribution in [1.29, 1.82) is 0 Å². The predicted molar refractivity (Wildman–Crippen MR) is 73.1 cm³/mol. The molecule has 0 aromatic heterocycles. The van der Waals surface area contributed by atoms with Crippen molar-refractivity contribution in [1.82, 2.24) is 4.90 Å². The van der Waals surface area contributed by atoms with Crippen molar-refractivity contribution >= 4 is 5.78 Å². The Balaban J connectivity index is 2.69. The number of carbonyl (C=O) groups excluding carboxylic acids is 1. The third kappa shape index (κ3) is 3.41. The molecule has 0 amide bonds. The van der Waals surface area contributed by atoms with Crippen LogP contribution in [0.25, 0.3) is 0 Å². The van der Waals surface area contributed by atoms with E-state index in [9.17, 15) is 4.79 Å². The van der Waals surface area contributed by atoms with E-state index in [1.807, 2.05) is 6.08 Å². The summed E-state index contributed by atoms with van der Waals surface area (Å²) in [5.74, 6) is 1.12. The molecule has 2 unspecified atom stereocenters. The van der Waals surface area contributed by atoms with Gasteiger partial charge in [0.05, 0.1) is 5.54 Å². The lowest BCUT2D eigenvalue weighted by molar-refractivity contribution is -0.133. The van der Waals surface area contributed by atoms with Crippen LogP contribution in [0.15, 0.2) is 12.7 Å². The largest absolute Gasteiger partial charge is 0.298 e. The van der Waals surface area contributed by atoms with Gasteiger partial charge in [-0.25, -0.2) is 0 Å². The van der Waals surface area contributed by atoms with Gasteiger partial charge in [0, 0.05) is 6.42 Å². The summed E-state index contributed by atoms with van der Waals surface area (Å²) >= 11 is 0. The van der Waals surface area contributed by atoms with Crippen LogP contribution in [-0.4, -0.2) is 30.3 Å². The molecule has 0 aromatic carbocycles. The number of rotatable bonds is 6. The predicted octanol–water partition coefficient (Wildman–Crippen LogP) is 3.42. The van der Waals surface area contributed by atoms with Crippen molar-refractivity contribution < 1.29 is 4.79 Å². The monoisotopic (exact) mass is 237 g/mol. The normalized spacial score (nSPS) is 29.3. The molecule has 0 radical (unpaired) electrons. The maximum Gasteiger partial charge on any atom is 0.153 e. The Hall–Kier alpha value is -0.630. The summed E-state index contributed by atoms with van der Waals surface area (Å²) < 4.78 is 0. The number of carbonyl (C=O) groups is 1. The van der Waals surface area contributed by atoms with Crippen molar-refractivity contribution in [3.05, 3.63) is 12.7 Å². The summed E-state index contributed by atoms with van der Waals surface area (Å²) in [6.07, 6.45) is 9.04. The van der Waals surface area contributed by atoms with E-state index in [0.29, 0.717) is 18.1 Å². The highest BCUT2D eigenvalue weighted by molar-refractivity contribution is 5.88. The van der Waals surface area contributed by atoms with E-state index in [1.54, 1.807) is 0 Å². The Bertz CT molecular complexity index is 272. The number of nitrogens with zero attached hydrogens (tertiary/aromatic N) is 1. The van der Waals surface area contributed by atoms with Gasteiger partial charge in [-0.1, -0.05) is 25.8 Å². The van der Waals surface area contributed by atoms with Gasteiger partial charge in [-0.15, -0.1) is 6.58 Å². The van der Waals surface area contributed by atoms with Crippen molar-refractivity contribution in [2.45, 2.75) is 57.4 Å². The molecule has 98 valence electrons. The fourth-order valence-electron chi connectivity index (χ4n) is 3.07. The molecule has 2 atom stereocenters. The molecule has 2 nitrogen and oxygen atoms in total. The van der Waals surface area contributed by atoms with Gasteiger partial charge >= 0.3 is 0 Å². The lowest BCUT2D eigenvalue weighted by Crippen LogP contribution is -2.53.